The number of alkyl carbamates (subject to hydrolysis) is 1. The van der Waals surface area contributed by atoms with Crippen molar-refractivity contribution in [2.75, 3.05) is 26.2 Å². The average molecular weight is 451 g/mol. The quantitative estimate of drug-likeness (QED) is 0.592. The molecule has 2 aliphatic rings. The number of carboxylic acid groups (broad SMARTS) is 1. The molecule has 4 rings (SSSR count). The van der Waals surface area contributed by atoms with Crippen molar-refractivity contribution in [3.8, 4) is 11.1 Å². The number of hydrogen-bond acceptors (Lipinski definition) is 4. The molecule has 2 aromatic carbocycles. The van der Waals surface area contributed by atoms with Crippen LogP contribution in [0.5, 0.6) is 0 Å². The first-order valence-electron chi connectivity index (χ1n) is 11.5. The molecule has 2 aromatic rings. The number of likely N-dealkylation sites (tertiary alicyclic amines) is 1. The van der Waals surface area contributed by atoms with Gasteiger partial charge in [0.1, 0.15) is 6.61 Å². The zero-order chi connectivity index (χ0) is 23.4. The van der Waals surface area contributed by atoms with Crippen LogP contribution in [-0.4, -0.2) is 54.2 Å². The second-order valence-electron chi connectivity index (χ2n) is 9.14. The van der Waals surface area contributed by atoms with Gasteiger partial charge in [0.05, 0.1) is 5.41 Å². The maximum atomic E-state index is 12.3. The van der Waals surface area contributed by atoms with Crippen LogP contribution in [0.1, 0.15) is 49.7 Å². The number of rotatable bonds is 8. The van der Waals surface area contributed by atoms with E-state index in [4.69, 9.17) is 4.74 Å². The first kappa shape index (κ1) is 22.8. The molecule has 2 N–H and O–H groups in total. The number of fused-ring (bicyclic) bond motifs is 3. The monoisotopic (exact) mass is 450 g/mol. The smallest absolute Gasteiger partial charge is 0.407 e. The van der Waals surface area contributed by atoms with Gasteiger partial charge in [-0.15, -0.1) is 0 Å². The largest absolute Gasteiger partial charge is 0.481 e. The van der Waals surface area contributed by atoms with E-state index in [1.54, 1.807) is 11.8 Å². The van der Waals surface area contributed by atoms with Gasteiger partial charge in [-0.1, -0.05) is 48.5 Å². The number of benzene rings is 2. The highest BCUT2D eigenvalue weighted by atomic mass is 16.5. The van der Waals surface area contributed by atoms with Crippen LogP contribution in [0.3, 0.4) is 0 Å². The molecule has 0 spiro atoms. The Balaban J connectivity index is 1.17. The van der Waals surface area contributed by atoms with Crippen LogP contribution in [0.15, 0.2) is 48.5 Å². The van der Waals surface area contributed by atoms with Gasteiger partial charge in [-0.3, -0.25) is 9.59 Å². The van der Waals surface area contributed by atoms with E-state index in [0.29, 0.717) is 38.8 Å². The molecular formula is C26H30N2O5. The molecule has 0 aromatic heterocycles. The number of nitrogens with one attached hydrogen (secondary N) is 1. The van der Waals surface area contributed by atoms with Gasteiger partial charge in [-0.2, -0.15) is 0 Å². The topological polar surface area (TPSA) is 95.9 Å². The van der Waals surface area contributed by atoms with E-state index in [2.05, 4.69) is 29.6 Å². The standard InChI is InChI=1S/C26H30N2O5/c1-26(24(30)31)13-15-28(17-26)23(29)12-6-7-14-27-25(32)33-16-22-20-10-4-2-8-18(20)19-9-3-5-11-21(19)22/h2-5,8-11,22H,6-7,12-17H2,1H3,(H,27,32)(H,30,31). The fourth-order valence-electron chi connectivity index (χ4n) is 4.75. The van der Waals surface area contributed by atoms with Gasteiger partial charge in [-0.05, 0) is 48.4 Å². The fraction of sp³-hybridized carbons (Fsp3) is 0.423. The van der Waals surface area contributed by atoms with Gasteiger partial charge in [-0.25, -0.2) is 4.79 Å². The van der Waals surface area contributed by atoms with E-state index < -0.39 is 17.5 Å². The lowest BCUT2D eigenvalue weighted by Crippen LogP contribution is -2.34. The predicted octanol–water partition coefficient (Wildman–Crippen LogP) is 4.02. The molecule has 7 nitrogen and oxygen atoms in total. The summed E-state index contributed by atoms with van der Waals surface area (Å²) in [4.78, 5) is 37.5. The first-order valence-corrected chi connectivity index (χ1v) is 11.5. The fourth-order valence-corrected chi connectivity index (χ4v) is 4.75. The second kappa shape index (κ2) is 9.65. The van der Waals surface area contributed by atoms with E-state index in [1.807, 2.05) is 24.3 Å². The summed E-state index contributed by atoms with van der Waals surface area (Å²) in [7, 11) is 0. The van der Waals surface area contributed by atoms with Crippen LogP contribution in [0.4, 0.5) is 4.79 Å². The lowest BCUT2D eigenvalue weighted by molar-refractivity contribution is -0.147. The molecule has 1 saturated heterocycles. The number of carbonyl (C=O) groups is 3. The zero-order valence-electron chi connectivity index (χ0n) is 18.9. The summed E-state index contributed by atoms with van der Waals surface area (Å²) >= 11 is 0. The van der Waals surface area contributed by atoms with Gasteiger partial charge in [0, 0.05) is 32.0 Å². The van der Waals surface area contributed by atoms with Crippen molar-refractivity contribution in [2.24, 2.45) is 5.41 Å². The summed E-state index contributed by atoms with van der Waals surface area (Å²) in [6, 6.07) is 16.4. The SMILES string of the molecule is CC1(C(=O)O)CCN(C(=O)CCCCNC(=O)OCC2c3ccccc3-c3ccccc32)C1. The molecule has 174 valence electrons. The van der Waals surface area contributed by atoms with Crippen LogP contribution in [0.2, 0.25) is 0 Å². The summed E-state index contributed by atoms with van der Waals surface area (Å²) in [6.45, 7) is 3.13. The summed E-state index contributed by atoms with van der Waals surface area (Å²) in [5.41, 5.74) is 3.88. The van der Waals surface area contributed by atoms with Crippen molar-refractivity contribution in [1.82, 2.24) is 10.2 Å². The second-order valence-corrected chi connectivity index (χ2v) is 9.14. The van der Waals surface area contributed by atoms with Crippen molar-refractivity contribution in [3.63, 3.8) is 0 Å². The Hall–Kier alpha value is -3.35. The van der Waals surface area contributed by atoms with Gasteiger partial charge >= 0.3 is 12.1 Å². The number of carbonyl (C=O) groups excluding carboxylic acids is 2. The van der Waals surface area contributed by atoms with Crippen molar-refractivity contribution < 1.29 is 24.2 Å². The molecule has 0 bridgehead atoms. The van der Waals surface area contributed by atoms with E-state index in [-0.39, 0.29) is 25.0 Å². The maximum Gasteiger partial charge on any atom is 0.407 e. The lowest BCUT2D eigenvalue weighted by Gasteiger charge is -2.20. The highest BCUT2D eigenvalue weighted by Crippen LogP contribution is 2.44. The molecule has 1 aliphatic heterocycles. The molecule has 1 aliphatic carbocycles. The van der Waals surface area contributed by atoms with Gasteiger partial charge in [0.2, 0.25) is 5.91 Å². The normalized spacial score (nSPS) is 19.1. The molecule has 1 heterocycles. The molecule has 0 saturated carbocycles. The highest BCUT2D eigenvalue weighted by molar-refractivity contribution is 5.80. The Kier molecular flexibility index (Phi) is 6.67. The molecule has 7 heteroatoms. The predicted molar refractivity (Wildman–Crippen MR) is 124 cm³/mol. The number of unbranched alkanes of at least 4 members (excludes halogenated alkanes) is 1. The van der Waals surface area contributed by atoms with E-state index >= 15 is 0 Å². The molecule has 0 radical (unpaired) electrons. The highest BCUT2D eigenvalue weighted by Gasteiger charge is 2.41. The van der Waals surface area contributed by atoms with Gasteiger partial charge in [0.15, 0.2) is 0 Å². The average Bonchev–Trinajstić information content (AvgIpc) is 3.37. The zero-order valence-corrected chi connectivity index (χ0v) is 18.9. The summed E-state index contributed by atoms with van der Waals surface area (Å²) in [6.07, 6.45) is 1.65. The molecule has 1 unspecified atom stereocenters. The minimum Gasteiger partial charge on any atom is -0.481 e. The van der Waals surface area contributed by atoms with Crippen LogP contribution in [0, 0.1) is 5.41 Å². The Morgan fingerprint density at radius 1 is 1.06 bits per heavy atom. The minimum absolute atomic E-state index is 0.0257. The van der Waals surface area contributed by atoms with Gasteiger partial charge < -0.3 is 20.1 Å². The van der Waals surface area contributed by atoms with E-state index in [9.17, 15) is 19.5 Å². The van der Waals surface area contributed by atoms with Crippen molar-refractivity contribution >= 4 is 18.0 Å². The van der Waals surface area contributed by atoms with Crippen molar-refractivity contribution in [1.29, 1.82) is 0 Å². The number of carboxylic acids is 1. The van der Waals surface area contributed by atoms with E-state index in [1.165, 1.54) is 22.3 Å². The van der Waals surface area contributed by atoms with Gasteiger partial charge in [0.25, 0.3) is 0 Å². The van der Waals surface area contributed by atoms with E-state index in [0.717, 1.165) is 0 Å². The van der Waals surface area contributed by atoms with Crippen LogP contribution in [0.25, 0.3) is 11.1 Å². The lowest BCUT2D eigenvalue weighted by atomic mass is 9.90. The number of nitrogens with zero attached hydrogens (tertiary/aromatic N) is 1. The molecule has 33 heavy (non-hydrogen) atoms. The molecule has 2 amide bonds. The van der Waals surface area contributed by atoms with Crippen molar-refractivity contribution in [3.05, 3.63) is 59.7 Å². The summed E-state index contributed by atoms with van der Waals surface area (Å²) < 4.78 is 5.51. The molecule has 1 atom stereocenters. The molecular weight excluding hydrogens is 420 g/mol. The van der Waals surface area contributed by atoms with Crippen LogP contribution < -0.4 is 5.32 Å². The Morgan fingerprint density at radius 2 is 1.70 bits per heavy atom. The number of aliphatic carboxylic acids is 1. The third-order valence-electron chi connectivity index (χ3n) is 6.77. The number of hydrogen-bond donors (Lipinski definition) is 2. The maximum absolute atomic E-state index is 12.3. The third-order valence-corrected chi connectivity index (χ3v) is 6.77. The van der Waals surface area contributed by atoms with Crippen LogP contribution in [-0.2, 0) is 14.3 Å². The first-order chi connectivity index (χ1) is 15.9. The Morgan fingerprint density at radius 3 is 2.30 bits per heavy atom. The van der Waals surface area contributed by atoms with Crippen LogP contribution >= 0.6 is 0 Å². The van der Waals surface area contributed by atoms with Crippen molar-refractivity contribution in [2.45, 2.75) is 38.5 Å². The number of ether oxygens (including phenoxy) is 1. The molecule has 1 fully saturated rings. The Labute approximate surface area is 193 Å². The number of amides is 2. The summed E-state index contributed by atoms with van der Waals surface area (Å²) in [5.74, 6) is -0.857. The third kappa shape index (κ3) is 4.87. The Bertz CT molecular complexity index is 1010. The minimum atomic E-state index is -0.856. The summed E-state index contributed by atoms with van der Waals surface area (Å²) in [5, 5.41) is 12.1.